The summed E-state index contributed by atoms with van der Waals surface area (Å²) in [4.78, 5) is 2.40. The van der Waals surface area contributed by atoms with Gasteiger partial charge in [0.25, 0.3) is 0 Å². The lowest BCUT2D eigenvalue weighted by Gasteiger charge is -2.28. The summed E-state index contributed by atoms with van der Waals surface area (Å²) in [5.74, 6) is 0. The predicted molar refractivity (Wildman–Crippen MR) is 264 cm³/mol. The second-order valence-electron chi connectivity index (χ2n) is 16.0. The number of nitrogens with zero attached hydrogens (tertiary/aromatic N) is 2. The first-order chi connectivity index (χ1) is 31.3. The van der Waals surface area contributed by atoms with E-state index in [2.05, 4.69) is 246 Å². The molecule has 63 heavy (non-hydrogen) atoms. The monoisotopic (exact) mass is 804 g/mol. The van der Waals surface area contributed by atoms with Crippen molar-refractivity contribution in [2.75, 3.05) is 4.90 Å². The van der Waals surface area contributed by atoms with Crippen molar-refractivity contribution in [2.45, 2.75) is 0 Å². The Morgan fingerprint density at radius 1 is 0.317 bits per heavy atom. The number of rotatable bonds is 8. The highest BCUT2D eigenvalue weighted by Crippen LogP contribution is 2.46. The Hall–Kier alpha value is -8.40. The number of hydrogen-bond donors (Lipinski definition) is 0. The molecule has 0 aliphatic carbocycles. The Morgan fingerprint density at radius 2 is 0.841 bits per heavy atom. The second-order valence-corrected chi connectivity index (χ2v) is 16.0. The quantitative estimate of drug-likeness (QED) is 0.153. The summed E-state index contributed by atoms with van der Waals surface area (Å²) in [5.41, 5.74) is 17.6. The van der Waals surface area contributed by atoms with Crippen LogP contribution in [0.25, 0.3) is 93.9 Å². The maximum absolute atomic E-state index is 6.66. The van der Waals surface area contributed by atoms with E-state index in [9.17, 15) is 0 Å². The summed E-state index contributed by atoms with van der Waals surface area (Å²) in [5, 5.41) is 4.72. The van der Waals surface area contributed by atoms with Gasteiger partial charge in [-0.2, -0.15) is 0 Å². The lowest BCUT2D eigenvalue weighted by molar-refractivity contribution is 0.670. The van der Waals surface area contributed by atoms with Crippen LogP contribution in [-0.2, 0) is 0 Å². The third-order valence-corrected chi connectivity index (χ3v) is 12.4. The Labute approximate surface area is 366 Å². The summed E-state index contributed by atoms with van der Waals surface area (Å²) in [7, 11) is 0. The average molecular weight is 805 g/mol. The van der Waals surface area contributed by atoms with Crippen molar-refractivity contribution in [2.24, 2.45) is 0 Å². The van der Waals surface area contributed by atoms with Gasteiger partial charge in [0, 0.05) is 49.6 Å². The molecule has 0 bridgehead atoms. The summed E-state index contributed by atoms with van der Waals surface area (Å²) in [6.07, 6.45) is 0. The third-order valence-electron chi connectivity index (χ3n) is 12.4. The van der Waals surface area contributed by atoms with E-state index in [0.29, 0.717) is 0 Å². The molecule has 2 aromatic heterocycles. The molecule has 12 aromatic rings. The number of para-hydroxylation sites is 6. The Bertz CT molecular complexity index is 3580. The number of fused-ring (bicyclic) bond motifs is 6. The second kappa shape index (κ2) is 15.3. The van der Waals surface area contributed by atoms with E-state index >= 15 is 0 Å². The molecule has 0 aliphatic heterocycles. The van der Waals surface area contributed by atoms with Gasteiger partial charge in [0.15, 0.2) is 0 Å². The van der Waals surface area contributed by atoms with E-state index in [-0.39, 0.29) is 0 Å². The Kier molecular flexibility index (Phi) is 8.83. The third kappa shape index (κ3) is 6.21. The van der Waals surface area contributed by atoms with Gasteiger partial charge in [-0.3, -0.25) is 0 Å². The van der Waals surface area contributed by atoms with Crippen LogP contribution in [0.3, 0.4) is 0 Å². The summed E-state index contributed by atoms with van der Waals surface area (Å²) in [6, 6.07) is 87.0. The minimum atomic E-state index is 0.883. The van der Waals surface area contributed by atoms with Gasteiger partial charge >= 0.3 is 0 Å². The number of hydrogen-bond acceptors (Lipinski definition) is 2. The SMILES string of the molecule is c1ccc(-c2ccccc2-c2cccc(N(c3ccc(-c4ccccc4-n4c5ccccc5c5ccccc54)cc3)c3ccccc3-c3cccc4c3oc3ccccc34)c2)cc1. The Morgan fingerprint density at radius 3 is 1.60 bits per heavy atom. The largest absolute Gasteiger partial charge is 0.455 e. The van der Waals surface area contributed by atoms with Gasteiger partial charge in [-0.1, -0.05) is 188 Å². The molecular formula is C60H40N2O. The zero-order valence-corrected chi connectivity index (χ0v) is 34.4. The first-order valence-corrected chi connectivity index (χ1v) is 21.5. The first kappa shape index (κ1) is 36.5. The van der Waals surface area contributed by atoms with Crippen molar-refractivity contribution in [1.82, 2.24) is 4.57 Å². The number of furan rings is 1. The van der Waals surface area contributed by atoms with Crippen molar-refractivity contribution in [1.29, 1.82) is 0 Å². The van der Waals surface area contributed by atoms with E-state index in [1.54, 1.807) is 0 Å². The highest BCUT2D eigenvalue weighted by Gasteiger charge is 2.22. The molecule has 0 saturated heterocycles. The average Bonchev–Trinajstić information content (AvgIpc) is 3.91. The van der Waals surface area contributed by atoms with Gasteiger partial charge in [0.05, 0.1) is 22.4 Å². The number of benzene rings is 10. The molecular weight excluding hydrogens is 765 g/mol. The highest BCUT2D eigenvalue weighted by atomic mass is 16.3. The molecule has 3 heteroatoms. The fraction of sp³-hybridized carbons (Fsp3) is 0. The Balaban J connectivity index is 1.04. The van der Waals surface area contributed by atoms with Crippen LogP contribution in [0.1, 0.15) is 0 Å². The number of aromatic nitrogens is 1. The molecule has 0 spiro atoms. The summed E-state index contributed by atoms with van der Waals surface area (Å²) >= 11 is 0. The molecule has 0 saturated carbocycles. The summed E-state index contributed by atoms with van der Waals surface area (Å²) < 4.78 is 9.07. The van der Waals surface area contributed by atoms with E-state index in [1.165, 1.54) is 44.1 Å². The van der Waals surface area contributed by atoms with Crippen molar-refractivity contribution in [3.05, 3.63) is 243 Å². The molecule has 0 amide bonds. The molecule has 0 N–H and O–H groups in total. The van der Waals surface area contributed by atoms with E-state index in [0.717, 1.165) is 66.9 Å². The van der Waals surface area contributed by atoms with Gasteiger partial charge in [-0.25, -0.2) is 0 Å². The standard InChI is InChI=1S/C60H40N2O/c1-2-18-41(19-3-1)46-22-4-5-23-47(46)43-20-16-21-45(40-43)61(56-32-12-9-27-51(56)53-29-17-30-54-52-28-10-15-35-59(52)63-60(53)54)44-38-36-42(37-39-44)48-24-6-11-31-55(48)62-57-33-13-7-25-49(57)50-26-8-14-34-58(50)62/h1-40H. The topological polar surface area (TPSA) is 21.3 Å². The minimum absolute atomic E-state index is 0.883. The predicted octanol–water partition coefficient (Wildman–Crippen LogP) is 16.8. The molecule has 0 fully saturated rings. The van der Waals surface area contributed by atoms with Crippen molar-refractivity contribution >= 4 is 60.8 Å². The van der Waals surface area contributed by atoms with Gasteiger partial charge in [0.2, 0.25) is 0 Å². The lowest BCUT2D eigenvalue weighted by atomic mass is 9.94. The molecule has 10 aromatic carbocycles. The maximum atomic E-state index is 6.66. The molecule has 3 nitrogen and oxygen atoms in total. The van der Waals surface area contributed by atoms with Gasteiger partial charge in [-0.05, 0) is 82.4 Å². The lowest BCUT2D eigenvalue weighted by Crippen LogP contribution is -2.11. The molecule has 0 unspecified atom stereocenters. The van der Waals surface area contributed by atoms with Crippen molar-refractivity contribution in [3.63, 3.8) is 0 Å². The van der Waals surface area contributed by atoms with Crippen molar-refractivity contribution < 1.29 is 4.42 Å². The molecule has 12 rings (SSSR count). The molecule has 296 valence electrons. The van der Waals surface area contributed by atoms with Gasteiger partial charge in [-0.15, -0.1) is 0 Å². The van der Waals surface area contributed by atoms with Crippen LogP contribution in [0.15, 0.2) is 247 Å². The zero-order chi connectivity index (χ0) is 41.7. The first-order valence-electron chi connectivity index (χ1n) is 21.5. The van der Waals surface area contributed by atoms with Crippen LogP contribution in [0, 0.1) is 0 Å². The van der Waals surface area contributed by atoms with Crippen LogP contribution < -0.4 is 4.90 Å². The summed E-state index contributed by atoms with van der Waals surface area (Å²) in [6.45, 7) is 0. The van der Waals surface area contributed by atoms with Crippen LogP contribution in [0.2, 0.25) is 0 Å². The smallest absolute Gasteiger partial charge is 0.143 e. The van der Waals surface area contributed by atoms with E-state index < -0.39 is 0 Å². The van der Waals surface area contributed by atoms with Crippen LogP contribution in [-0.4, -0.2) is 4.57 Å². The van der Waals surface area contributed by atoms with E-state index in [4.69, 9.17) is 4.42 Å². The fourth-order valence-corrected chi connectivity index (χ4v) is 9.58. The minimum Gasteiger partial charge on any atom is -0.455 e. The van der Waals surface area contributed by atoms with Gasteiger partial charge in [0.1, 0.15) is 11.2 Å². The van der Waals surface area contributed by atoms with E-state index in [1.807, 2.05) is 6.07 Å². The fourth-order valence-electron chi connectivity index (χ4n) is 9.58. The molecule has 0 atom stereocenters. The highest BCUT2D eigenvalue weighted by molar-refractivity contribution is 6.11. The number of anilines is 3. The van der Waals surface area contributed by atoms with Gasteiger partial charge < -0.3 is 13.9 Å². The molecule has 0 radical (unpaired) electrons. The normalized spacial score (nSPS) is 11.5. The van der Waals surface area contributed by atoms with Crippen LogP contribution in [0.5, 0.6) is 0 Å². The zero-order valence-electron chi connectivity index (χ0n) is 34.4. The molecule has 2 heterocycles. The van der Waals surface area contributed by atoms with Crippen molar-refractivity contribution in [3.8, 4) is 50.2 Å². The van der Waals surface area contributed by atoms with Crippen LogP contribution in [0.4, 0.5) is 17.1 Å². The van der Waals surface area contributed by atoms with Crippen LogP contribution >= 0.6 is 0 Å². The molecule has 0 aliphatic rings. The maximum Gasteiger partial charge on any atom is 0.143 e.